The molecule has 182 valence electrons. The molecule has 1 aromatic carbocycles. The lowest BCUT2D eigenvalue weighted by molar-refractivity contribution is 0.0386. The van der Waals surface area contributed by atoms with Crippen LogP contribution in [0.15, 0.2) is 24.7 Å². The van der Waals surface area contributed by atoms with Gasteiger partial charge in [0.25, 0.3) is 0 Å². The van der Waals surface area contributed by atoms with E-state index in [1.807, 2.05) is 26.1 Å². The molecule has 5 rings (SSSR count). The number of nitrogens with zero attached hydrogens (tertiary/aromatic N) is 3. The zero-order valence-corrected chi connectivity index (χ0v) is 20.2. The topological polar surface area (TPSA) is 81.4 Å². The van der Waals surface area contributed by atoms with E-state index in [4.69, 9.17) is 9.47 Å². The molecule has 1 fully saturated rings. The average Bonchev–Trinajstić information content (AvgIpc) is 3.38. The molecule has 34 heavy (non-hydrogen) atoms. The number of aliphatic hydroxyl groups excluding tert-OH is 1. The van der Waals surface area contributed by atoms with Crippen LogP contribution in [0.1, 0.15) is 50.1 Å². The number of rotatable bonds is 6. The summed E-state index contributed by atoms with van der Waals surface area (Å²) in [6.07, 6.45) is 3.94. The van der Waals surface area contributed by atoms with Gasteiger partial charge in [-0.05, 0) is 38.8 Å². The Morgan fingerprint density at radius 3 is 2.85 bits per heavy atom. The van der Waals surface area contributed by atoms with Crippen molar-refractivity contribution in [3.05, 3.63) is 47.3 Å². The summed E-state index contributed by atoms with van der Waals surface area (Å²) >= 11 is 0. The minimum Gasteiger partial charge on any atom is -0.491 e. The average molecular weight is 469 g/mol. The Morgan fingerprint density at radius 2 is 2.09 bits per heavy atom. The van der Waals surface area contributed by atoms with E-state index in [2.05, 4.69) is 33.7 Å². The number of halogens is 1. The van der Waals surface area contributed by atoms with E-state index in [0.29, 0.717) is 37.3 Å². The van der Waals surface area contributed by atoms with Gasteiger partial charge in [-0.2, -0.15) is 0 Å². The van der Waals surface area contributed by atoms with Crippen LogP contribution in [-0.2, 0) is 13.0 Å². The normalized spacial score (nSPS) is 24.6. The highest BCUT2D eigenvalue weighted by atomic mass is 19.1. The number of nitrogens with one attached hydrogen (secondary N) is 1. The van der Waals surface area contributed by atoms with Crippen molar-refractivity contribution < 1.29 is 19.0 Å². The van der Waals surface area contributed by atoms with E-state index in [1.54, 1.807) is 12.4 Å². The molecular formula is C26H33FN4O3. The minimum atomic E-state index is -0.600. The fourth-order valence-electron chi connectivity index (χ4n) is 5.71. The molecule has 1 aliphatic heterocycles. The van der Waals surface area contributed by atoms with Crippen molar-refractivity contribution in [2.24, 2.45) is 11.8 Å². The highest BCUT2D eigenvalue weighted by molar-refractivity contribution is 5.78. The van der Waals surface area contributed by atoms with Crippen molar-refractivity contribution in [1.82, 2.24) is 19.9 Å². The first-order chi connectivity index (χ1) is 16.4. The Morgan fingerprint density at radius 1 is 1.26 bits per heavy atom. The van der Waals surface area contributed by atoms with Gasteiger partial charge in [-0.3, -0.25) is 0 Å². The third kappa shape index (κ3) is 3.82. The van der Waals surface area contributed by atoms with Crippen molar-refractivity contribution in [2.45, 2.75) is 65.3 Å². The van der Waals surface area contributed by atoms with Gasteiger partial charge in [-0.1, -0.05) is 13.8 Å². The van der Waals surface area contributed by atoms with Gasteiger partial charge < -0.3 is 24.5 Å². The number of fused-ring (bicyclic) bond motifs is 2. The van der Waals surface area contributed by atoms with Gasteiger partial charge in [0, 0.05) is 47.7 Å². The molecule has 0 spiro atoms. The van der Waals surface area contributed by atoms with E-state index < -0.39 is 6.10 Å². The monoisotopic (exact) mass is 468 g/mol. The SMILES string of the molecule is CCOc1cc(O[C@H]2C[C@@H](n3ccc4c(C)ncnc43)[C@H](O)[C@@H]2C(C)C)c2c(c1F)CCNC2. The van der Waals surface area contributed by atoms with Crippen LogP contribution < -0.4 is 14.8 Å². The van der Waals surface area contributed by atoms with Gasteiger partial charge in [0.2, 0.25) is 0 Å². The third-order valence-corrected chi connectivity index (χ3v) is 7.36. The zero-order valence-electron chi connectivity index (χ0n) is 20.2. The number of ether oxygens (including phenoxy) is 2. The molecule has 0 unspecified atom stereocenters. The van der Waals surface area contributed by atoms with Crippen molar-refractivity contribution in [3.63, 3.8) is 0 Å². The maximum atomic E-state index is 15.1. The number of hydrogen-bond acceptors (Lipinski definition) is 6. The Hall–Kier alpha value is -2.71. The van der Waals surface area contributed by atoms with Crippen LogP contribution in [0.2, 0.25) is 0 Å². The van der Waals surface area contributed by atoms with Crippen LogP contribution in [0.25, 0.3) is 11.0 Å². The summed E-state index contributed by atoms with van der Waals surface area (Å²) in [4.78, 5) is 8.78. The summed E-state index contributed by atoms with van der Waals surface area (Å²) in [6, 6.07) is 3.51. The molecule has 3 aromatic rings. The Kier molecular flexibility index (Phi) is 6.20. The van der Waals surface area contributed by atoms with E-state index in [1.165, 1.54) is 0 Å². The van der Waals surface area contributed by atoms with Crippen LogP contribution >= 0.6 is 0 Å². The largest absolute Gasteiger partial charge is 0.491 e. The number of aryl methyl sites for hydroxylation is 1. The molecule has 0 radical (unpaired) electrons. The number of benzene rings is 1. The molecule has 2 aliphatic rings. The maximum Gasteiger partial charge on any atom is 0.168 e. The Labute approximate surface area is 199 Å². The number of aromatic nitrogens is 3. The Balaban J connectivity index is 1.51. The number of hydrogen-bond donors (Lipinski definition) is 2. The molecule has 2 N–H and O–H groups in total. The fraction of sp³-hybridized carbons (Fsp3) is 0.538. The lowest BCUT2D eigenvalue weighted by Crippen LogP contribution is -2.34. The molecule has 1 aliphatic carbocycles. The van der Waals surface area contributed by atoms with Gasteiger partial charge in [0.1, 0.15) is 23.8 Å². The summed E-state index contributed by atoms with van der Waals surface area (Å²) in [6.45, 7) is 9.69. The van der Waals surface area contributed by atoms with E-state index in [9.17, 15) is 5.11 Å². The Bertz CT molecular complexity index is 1190. The highest BCUT2D eigenvalue weighted by Gasteiger charge is 2.47. The molecule has 3 heterocycles. The van der Waals surface area contributed by atoms with Crippen molar-refractivity contribution in [1.29, 1.82) is 0 Å². The molecular weight excluding hydrogens is 435 g/mol. The lowest BCUT2D eigenvalue weighted by atomic mass is 9.90. The summed E-state index contributed by atoms with van der Waals surface area (Å²) in [5.41, 5.74) is 3.25. The second kappa shape index (κ2) is 9.15. The lowest BCUT2D eigenvalue weighted by Gasteiger charge is -2.29. The van der Waals surface area contributed by atoms with Gasteiger partial charge in [-0.25, -0.2) is 14.4 Å². The summed E-state index contributed by atoms with van der Waals surface area (Å²) in [7, 11) is 0. The van der Waals surface area contributed by atoms with Crippen LogP contribution in [0.3, 0.4) is 0 Å². The summed E-state index contributed by atoms with van der Waals surface area (Å²) < 4.78 is 29.4. The smallest absolute Gasteiger partial charge is 0.168 e. The van der Waals surface area contributed by atoms with Crippen molar-refractivity contribution in [2.75, 3.05) is 13.2 Å². The standard InChI is InChI=1S/C26H33FN4O3/c1-5-33-22-11-20(18-12-28-8-6-17(18)24(22)27)34-21-10-19(25(32)23(21)14(2)3)31-9-7-16-15(4)29-13-30-26(16)31/h7,9,11,13-14,19,21,23,25,28,32H,5-6,8,10,12H2,1-4H3/t19-,21+,23-,25+/m1/s1. The molecule has 4 atom stereocenters. The van der Waals surface area contributed by atoms with Crippen LogP contribution in [0, 0.1) is 24.6 Å². The number of aliphatic hydroxyl groups is 1. The predicted octanol–water partition coefficient (Wildman–Crippen LogP) is 3.95. The highest BCUT2D eigenvalue weighted by Crippen LogP contribution is 2.44. The second-order valence-electron chi connectivity index (χ2n) is 9.69. The zero-order chi connectivity index (χ0) is 24.0. The quantitative estimate of drug-likeness (QED) is 0.570. The fourth-order valence-corrected chi connectivity index (χ4v) is 5.71. The van der Waals surface area contributed by atoms with Crippen molar-refractivity contribution >= 4 is 11.0 Å². The van der Waals surface area contributed by atoms with Gasteiger partial charge in [-0.15, -0.1) is 0 Å². The second-order valence-corrected chi connectivity index (χ2v) is 9.69. The minimum absolute atomic E-state index is 0.0850. The van der Waals surface area contributed by atoms with E-state index in [0.717, 1.165) is 28.8 Å². The first-order valence-corrected chi connectivity index (χ1v) is 12.2. The van der Waals surface area contributed by atoms with Crippen molar-refractivity contribution in [3.8, 4) is 11.5 Å². The molecule has 2 aromatic heterocycles. The van der Waals surface area contributed by atoms with Crippen LogP contribution in [0.5, 0.6) is 11.5 Å². The third-order valence-electron chi connectivity index (χ3n) is 7.36. The first kappa shape index (κ1) is 23.1. The molecule has 8 heteroatoms. The predicted molar refractivity (Wildman–Crippen MR) is 128 cm³/mol. The molecule has 0 saturated heterocycles. The molecule has 0 amide bonds. The molecule has 0 bridgehead atoms. The van der Waals surface area contributed by atoms with E-state index >= 15 is 4.39 Å². The first-order valence-electron chi connectivity index (χ1n) is 12.2. The molecule has 7 nitrogen and oxygen atoms in total. The van der Waals surface area contributed by atoms with E-state index in [-0.39, 0.29) is 35.5 Å². The van der Waals surface area contributed by atoms with Gasteiger partial charge in [0.15, 0.2) is 11.6 Å². The van der Waals surface area contributed by atoms with Gasteiger partial charge in [0.05, 0.1) is 24.4 Å². The summed E-state index contributed by atoms with van der Waals surface area (Å²) in [5.74, 6) is 0.704. The van der Waals surface area contributed by atoms with Gasteiger partial charge >= 0.3 is 0 Å². The maximum absolute atomic E-state index is 15.1. The van der Waals surface area contributed by atoms with Crippen LogP contribution in [-0.4, -0.2) is 45.0 Å². The molecule has 1 saturated carbocycles. The van der Waals surface area contributed by atoms with Crippen LogP contribution in [0.4, 0.5) is 4.39 Å². The summed E-state index contributed by atoms with van der Waals surface area (Å²) in [5, 5.41) is 15.8.